The number of rotatable bonds is 3. The monoisotopic (exact) mass is 312 g/mol. The Morgan fingerprint density at radius 2 is 2.09 bits per heavy atom. The number of aryl methyl sites for hydroxylation is 1. The van der Waals surface area contributed by atoms with Crippen LogP contribution in [0.25, 0.3) is 16.3 Å². The third-order valence-electron chi connectivity index (χ3n) is 3.08. The van der Waals surface area contributed by atoms with Gasteiger partial charge in [-0.2, -0.15) is 0 Å². The van der Waals surface area contributed by atoms with E-state index in [9.17, 15) is 9.18 Å². The molecule has 2 aromatic carbocycles. The first-order chi connectivity index (χ1) is 10.6. The minimum Gasteiger partial charge on any atom is -0.322 e. The minimum absolute atomic E-state index is 0.302. The Morgan fingerprint density at radius 3 is 2.91 bits per heavy atom. The van der Waals surface area contributed by atoms with Crippen molar-refractivity contribution in [2.75, 3.05) is 5.32 Å². The number of amides is 1. The molecule has 3 nitrogen and oxygen atoms in total. The summed E-state index contributed by atoms with van der Waals surface area (Å²) in [6, 6.07) is 11.9. The zero-order chi connectivity index (χ0) is 15.5. The Balaban J connectivity index is 1.74. The van der Waals surface area contributed by atoms with Crippen LogP contribution in [0.3, 0.4) is 0 Å². The maximum atomic E-state index is 13.5. The van der Waals surface area contributed by atoms with Gasteiger partial charge in [-0.1, -0.05) is 18.2 Å². The number of nitrogens with zero attached hydrogens (tertiary/aromatic N) is 1. The molecule has 0 saturated carbocycles. The fraction of sp³-hybridized carbons (Fsp3) is 0.0588. The molecule has 0 aliphatic rings. The summed E-state index contributed by atoms with van der Waals surface area (Å²) in [6.07, 6.45) is 2.78. The second kappa shape index (κ2) is 6.07. The van der Waals surface area contributed by atoms with Crippen molar-refractivity contribution in [3.05, 3.63) is 64.9 Å². The molecular formula is C17H13FN2OS. The van der Waals surface area contributed by atoms with Crippen LogP contribution in [0.5, 0.6) is 0 Å². The molecule has 1 aromatic heterocycles. The van der Waals surface area contributed by atoms with Crippen LogP contribution < -0.4 is 5.32 Å². The van der Waals surface area contributed by atoms with E-state index >= 15 is 0 Å². The number of aromatic nitrogens is 1. The lowest BCUT2D eigenvalue weighted by Gasteiger charge is -2.01. The fourth-order valence-electron chi connectivity index (χ4n) is 2.08. The average molecular weight is 312 g/mol. The third-order valence-corrected chi connectivity index (χ3v) is 4.02. The highest BCUT2D eigenvalue weighted by Gasteiger charge is 2.04. The molecule has 0 fully saturated rings. The number of carbonyl (C=O) groups excluding carboxylic acids is 1. The third kappa shape index (κ3) is 3.20. The molecule has 0 unspecified atom stereocenters. The van der Waals surface area contributed by atoms with Gasteiger partial charge in [-0.3, -0.25) is 4.79 Å². The van der Waals surface area contributed by atoms with E-state index in [4.69, 9.17) is 0 Å². The summed E-state index contributed by atoms with van der Waals surface area (Å²) in [6.45, 7) is 1.94. The van der Waals surface area contributed by atoms with Gasteiger partial charge in [0.05, 0.1) is 15.2 Å². The van der Waals surface area contributed by atoms with Gasteiger partial charge in [0.1, 0.15) is 5.82 Å². The molecule has 22 heavy (non-hydrogen) atoms. The van der Waals surface area contributed by atoms with E-state index in [2.05, 4.69) is 10.3 Å². The van der Waals surface area contributed by atoms with Crippen molar-refractivity contribution in [1.29, 1.82) is 0 Å². The quantitative estimate of drug-likeness (QED) is 0.729. The van der Waals surface area contributed by atoms with E-state index in [0.717, 1.165) is 15.2 Å². The Bertz CT molecular complexity index is 870. The number of carbonyl (C=O) groups is 1. The molecule has 1 heterocycles. The summed E-state index contributed by atoms with van der Waals surface area (Å²) in [5.74, 6) is -0.656. The van der Waals surface area contributed by atoms with E-state index in [1.165, 1.54) is 18.2 Å². The molecule has 0 aliphatic heterocycles. The summed E-state index contributed by atoms with van der Waals surface area (Å²) < 4.78 is 14.5. The van der Waals surface area contributed by atoms with Gasteiger partial charge >= 0.3 is 0 Å². The van der Waals surface area contributed by atoms with Crippen LogP contribution in [0.1, 0.15) is 10.6 Å². The van der Waals surface area contributed by atoms with Crippen molar-refractivity contribution >= 4 is 39.2 Å². The predicted octanol–water partition coefficient (Wildman–Crippen LogP) is 4.40. The van der Waals surface area contributed by atoms with Crippen LogP contribution in [0.4, 0.5) is 10.1 Å². The smallest absolute Gasteiger partial charge is 0.248 e. The number of hydrogen-bond acceptors (Lipinski definition) is 3. The molecular weight excluding hydrogens is 299 g/mol. The summed E-state index contributed by atoms with van der Waals surface area (Å²) in [5, 5.41) is 3.75. The Kier molecular flexibility index (Phi) is 3.98. The van der Waals surface area contributed by atoms with Crippen LogP contribution in [0.15, 0.2) is 48.5 Å². The van der Waals surface area contributed by atoms with Crippen molar-refractivity contribution in [1.82, 2.24) is 4.98 Å². The Labute approximate surface area is 131 Å². The molecule has 0 bridgehead atoms. The number of anilines is 1. The molecule has 110 valence electrons. The van der Waals surface area contributed by atoms with Crippen LogP contribution in [0.2, 0.25) is 0 Å². The SMILES string of the molecule is Cc1nc2ccc(NC(=O)/C=C/c3ccccc3F)cc2s1. The molecule has 0 spiro atoms. The highest BCUT2D eigenvalue weighted by atomic mass is 32.1. The molecule has 1 N–H and O–H groups in total. The number of benzene rings is 2. The van der Waals surface area contributed by atoms with Gasteiger partial charge in [-0.05, 0) is 37.3 Å². The van der Waals surface area contributed by atoms with Crippen molar-refractivity contribution in [3.63, 3.8) is 0 Å². The van der Waals surface area contributed by atoms with Gasteiger partial charge in [0, 0.05) is 17.3 Å². The van der Waals surface area contributed by atoms with Crippen LogP contribution in [-0.2, 0) is 4.79 Å². The highest BCUT2D eigenvalue weighted by Crippen LogP contribution is 2.24. The first-order valence-corrected chi connectivity index (χ1v) is 7.54. The van der Waals surface area contributed by atoms with E-state index in [1.807, 2.05) is 19.1 Å². The van der Waals surface area contributed by atoms with E-state index < -0.39 is 0 Å². The van der Waals surface area contributed by atoms with E-state index in [-0.39, 0.29) is 11.7 Å². The van der Waals surface area contributed by atoms with Crippen molar-refractivity contribution in [3.8, 4) is 0 Å². The van der Waals surface area contributed by atoms with Gasteiger partial charge in [0.15, 0.2) is 0 Å². The molecule has 0 radical (unpaired) electrons. The number of fused-ring (bicyclic) bond motifs is 1. The standard InChI is InChI=1S/C17H13FN2OS/c1-11-19-15-8-7-13(10-16(15)22-11)20-17(21)9-6-12-4-2-3-5-14(12)18/h2-10H,1H3,(H,20,21)/b9-6+. The lowest BCUT2D eigenvalue weighted by Crippen LogP contribution is -2.07. The predicted molar refractivity (Wildman–Crippen MR) is 88.4 cm³/mol. The maximum absolute atomic E-state index is 13.5. The number of thiazole rings is 1. The Hall–Kier alpha value is -2.53. The largest absolute Gasteiger partial charge is 0.322 e. The van der Waals surface area contributed by atoms with Gasteiger partial charge in [-0.25, -0.2) is 9.37 Å². The highest BCUT2D eigenvalue weighted by molar-refractivity contribution is 7.18. The summed E-state index contributed by atoms with van der Waals surface area (Å²) >= 11 is 1.58. The van der Waals surface area contributed by atoms with Crippen molar-refractivity contribution in [2.45, 2.75) is 6.92 Å². The lowest BCUT2D eigenvalue weighted by atomic mass is 10.2. The van der Waals surface area contributed by atoms with Crippen molar-refractivity contribution < 1.29 is 9.18 Å². The number of nitrogens with one attached hydrogen (secondary N) is 1. The summed E-state index contributed by atoms with van der Waals surface area (Å²) in [4.78, 5) is 16.3. The summed E-state index contributed by atoms with van der Waals surface area (Å²) in [7, 11) is 0. The first kappa shape index (κ1) is 14.4. The molecule has 5 heteroatoms. The maximum Gasteiger partial charge on any atom is 0.248 e. The van der Waals surface area contributed by atoms with Gasteiger partial charge in [-0.15, -0.1) is 11.3 Å². The van der Waals surface area contributed by atoms with Crippen LogP contribution >= 0.6 is 11.3 Å². The molecule has 0 aliphatic carbocycles. The molecule has 3 rings (SSSR count). The topological polar surface area (TPSA) is 42.0 Å². The molecule has 3 aromatic rings. The van der Waals surface area contributed by atoms with Crippen molar-refractivity contribution in [2.24, 2.45) is 0 Å². The van der Waals surface area contributed by atoms with Crippen LogP contribution in [0, 0.1) is 12.7 Å². The second-order valence-corrected chi connectivity index (χ2v) is 5.99. The molecule has 0 saturated heterocycles. The summed E-state index contributed by atoms with van der Waals surface area (Å²) in [5.41, 5.74) is 1.99. The zero-order valence-electron chi connectivity index (χ0n) is 11.8. The second-order valence-electron chi connectivity index (χ2n) is 4.76. The molecule has 0 atom stereocenters. The minimum atomic E-state index is -0.354. The van der Waals surface area contributed by atoms with E-state index in [1.54, 1.807) is 35.6 Å². The van der Waals surface area contributed by atoms with Crippen LogP contribution in [-0.4, -0.2) is 10.9 Å². The van der Waals surface area contributed by atoms with E-state index in [0.29, 0.717) is 11.3 Å². The average Bonchev–Trinajstić information content (AvgIpc) is 2.86. The molecule has 1 amide bonds. The zero-order valence-corrected chi connectivity index (χ0v) is 12.7. The Morgan fingerprint density at radius 1 is 1.27 bits per heavy atom. The number of hydrogen-bond donors (Lipinski definition) is 1. The normalized spacial score (nSPS) is 11.2. The van der Waals surface area contributed by atoms with Gasteiger partial charge in [0.2, 0.25) is 5.91 Å². The van der Waals surface area contributed by atoms with Gasteiger partial charge < -0.3 is 5.32 Å². The lowest BCUT2D eigenvalue weighted by molar-refractivity contribution is -0.111. The fourth-order valence-corrected chi connectivity index (χ4v) is 2.94. The first-order valence-electron chi connectivity index (χ1n) is 6.72. The number of halogens is 1. The van der Waals surface area contributed by atoms with Gasteiger partial charge in [0.25, 0.3) is 0 Å².